The molecule has 0 saturated carbocycles. The van der Waals surface area contributed by atoms with Crippen LogP contribution in [0.2, 0.25) is 0 Å². The Labute approximate surface area is 120 Å². The van der Waals surface area contributed by atoms with E-state index in [1.54, 1.807) is 0 Å². The summed E-state index contributed by atoms with van der Waals surface area (Å²) in [5, 5.41) is 0. The third-order valence-corrected chi connectivity index (χ3v) is 4.09. The molecule has 19 heavy (non-hydrogen) atoms. The summed E-state index contributed by atoms with van der Waals surface area (Å²) in [6.45, 7) is 0.719. The molecule has 0 radical (unpaired) electrons. The molecule has 0 amide bonds. The number of Topliss-reactive ketones (excluding diaryl/α,β-unsaturated/α-hetero) is 1. The van der Waals surface area contributed by atoms with Gasteiger partial charge in [-0.3, -0.25) is 4.79 Å². The molecule has 0 unspecified atom stereocenters. The van der Waals surface area contributed by atoms with Crippen molar-refractivity contribution in [3.63, 3.8) is 0 Å². The van der Waals surface area contributed by atoms with Gasteiger partial charge in [0.15, 0.2) is 5.78 Å². The van der Waals surface area contributed by atoms with Gasteiger partial charge in [-0.1, -0.05) is 34.1 Å². The van der Waals surface area contributed by atoms with Gasteiger partial charge in [-0.15, -0.1) is 0 Å². The lowest BCUT2D eigenvalue weighted by molar-refractivity contribution is 0.0992. The van der Waals surface area contributed by atoms with Crippen molar-refractivity contribution in [1.29, 1.82) is 0 Å². The average Bonchev–Trinajstić information content (AvgIpc) is 2.88. The second-order valence-corrected chi connectivity index (χ2v) is 5.47. The van der Waals surface area contributed by atoms with Crippen molar-refractivity contribution in [1.82, 2.24) is 0 Å². The van der Waals surface area contributed by atoms with Gasteiger partial charge in [-0.25, -0.2) is 0 Å². The minimum Gasteiger partial charge on any atom is -0.493 e. The molecule has 0 N–H and O–H groups in total. The van der Waals surface area contributed by atoms with Gasteiger partial charge in [0, 0.05) is 22.9 Å². The molecule has 2 aromatic carbocycles. The van der Waals surface area contributed by atoms with Crippen LogP contribution in [0.15, 0.2) is 46.9 Å². The number of ketones is 1. The van der Waals surface area contributed by atoms with Crippen molar-refractivity contribution < 1.29 is 9.53 Å². The zero-order valence-corrected chi connectivity index (χ0v) is 11.9. The lowest BCUT2D eigenvalue weighted by atomic mass is 10.0. The number of hydrogen-bond donors (Lipinski definition) is 0. The Balaban J connectivity index is 1.83. The van der Waals surface area contributed by atoms with E-state index in [0.717, 1.165) is 39.9 Å². The van der Waals surface area contributed by atoms with Gasteiger partial charge in [-0.2, -0.15) is 0 Å². The van der Waals surface area contributed by atoms with Gasteiger partial charge in [0.25, 0.3) is 0 Å². The van der Waals surface area contributed by atoms with E-state index < -0.39 is 0 Å². The number of rotatable bonds is 3. The topological polar surface area (TPSA) is 26.3 Å². The number of halogens is 1. The summed E-state index contributed by atoms with van der Waals surface area (Å²) >= 11 is 3.47. The van der Waals surface area contributed by atoms with E-state index in [-0.39, 0.29) is 5.78 Å². The van der Waals surface area contributed by atoms with Crippen molar-refractivity contribution in [3.8, 4) is 5.75 Å². The highest BCUT2D eigenvalue weighted by Gasteiger charge is 2.15. The molecule has 0 saturated heterocycles. The maximum Gasteiger partial charge on any atom is 0.167 e. The zero-order valence-electron chi connectivity index (χ0n) is 10.4. The Hall–Kier alpha value is -1.61. The number of hydrogen-bond acceptors (Lipinski definition) is 2. The van der Waals surface area contributed by atoms with Crippen molar-refractivity contribution in [2.24, 2.45) is 0 Å². The Morgan fingerprint density at radius 1 is 1.21 bits per heavy atom. The summed E-state index contributed by atoms with van der Waals surface area (Å²) in [5.74, 6) is 1.05. The molecule has 2 aromatic rings. The number of carbonyl (C=O) groups excluding carboxylic acids is 1. The van der Waals surface area contributed by atoms with Crippen molar-refractivity contribution in [2.75, 3.05) is 6.61 Å². The largest absolute Gasteiger partial charge is 0.493 e. The monoisotopic (exact) mass is 316 g/mol. The second-order valence-electron chi connectivity index (χ2n) is 4.61. The van der Waals surface area contributed by atoms with Crippen LogP contribution in [-0.4, -0.2) is 12.4 Å². The molecule has 3 heteroatoms. The third-order valence-electron chi connectivity index (χ3n) is 3.32. The van der Waals surface area contributed by atoms with Crippen LogP contribution >= 0.6 is 15.9 Å². The van der Waals surface area contributed by atoms with Crippen LogP contribution in [0.1, 0.15) is 21.5 Å². The first-order valence-corrected chi connectivity index (χ1v) is 7.05. The molecule has 0 spiro atoms. The summed E-state index contributed by atoms with van der Waals surface area (Å²) < 4.78 is 6.43. The van der Waals surface area contributed by atoms with E-state index in [9.17, 15) is 4.79 Å². The third kappa shape index (κ3) is 2.56. The minimum atomic E-state index is 0.140. The van der Waals surface area contributed by atoms with Gasteiger partial charge < -0.3 is 4.74 Å². The number of benzene rings is 2. The predicted molar refractivity (Wildman–Crippen MR) is 77.8 cm³/mol. The molecular weight excluding hydrogens is 304 g/mol. The summed E-state index contributed by atoms with van der Waals surface area (Å²) in [5.41, 5.74) is 2.92. The predicted octanol–water partition coefficient (Wildman–Crippen LogP) is 3.81. The first-order chi connectivity index (χ1) is 9.24. The van der Waals surface area contributed by atoms with Gasteiger partial charge in [-0.05, 0) is 35.4 Å². The smallest absolute Gasteiger partial charge is 0.167 e. The molecule has 1 aliphatic heterocycles. The summed E-state index contributed by atoms with van der Waals surface area (Å²) in [6.07, 6.45) is 1.31. The minimum absolute atomic E-state index is 0.140. The maximum absolute atomic E-state index is 12.3. The van der Waals surface area contributed by atoms with Gasteiger partial charge in [0.05, 0.1) is 6.61 Å². The molecule has 1 heterocycles. The Morgan fingerprint density at radius 3 is 2.89 bits per heavy atom. The maximum atomic E-state index is 12.3. The standard InChI is InChI=1S/C16H13BrO2/c17-14-4-2-1-3-11(14)10-15(18)12-5-6-16-13(9-12)7-8-19-16/h1-6,9H,7-8,10H2. The molecule has 0 aromatic heterocycles. The van der Waals surface area contributed by atoms with Crippen LogP contribution in [0, 0.1) is 0 Å². The lowest BCUT2D eigenvalue weighted by Crippen LogP contribution is -2.04. The molecular formula is C16H13BrO2. The number of fused-ring (bicyclic) bond motifs is 1. The van der Waals surface area contributed by atoms with Gasteiger partial charge >= 0.3 is 0 Å². The van der Waals surface area contributed by atoms with Crippen molar-refractivity contribution in [2.45, 2.75) is 12.8 Å². The fraction of sp³-hybridized carbons (Fsp3) is 0.188. The summed E-state index contributed by atoms with van der Waals surface area (Å²) in [4.78, 5) is 12.3. The molecule has 3 rings (SSSR count). The highest BCUT2D eigenvalue weighted by Crippen LogP contribution is 2.26. The van der Waals surface area contributed by atoms with E-state index in [1.807, 2.05) is 42.5 Å². The molecule has 2 nitrogen and oxygen atoms in total. The van der Waals surface area contributed by atoms with Crippen LogP contribution in [-0.2, 0) is 12.8 Å². The molecule has 0 bridgehead atoms. The fourth-order valence-corrected chi connectivity index (χ4v) is 2.70. The molecule has 96 valence electrons. The van der Waals surface area contributed by atoms with E-state index in [0.29, 0.717) is 6.42 Å². The van der Waals surface area contributed by atoms with Crippen molar-refractivity contribution >= 4 is 21.7 Å². The highest BCUT2D eigenvalue weighted by molar-refractivity contribution is 9.10. The quantitative estimate of drug-likeness (QED) is 0.805. The molecule has 0 fully saturated rings. The SMILES string of the molecule is O=C(Cc1ccccc1Br)c1ccc2c(c1)CCO2. The van der Waals surface area contributed by atoms with Crippen LogP contribution in [0.3, 0.4) is 0 Å². The number of ether oxygens (including phenoxy) is 1. The van der Waals surface area contributed by atoms with Gasteiger partial charge in [0.1, 0.15) is 5.75 Å². The Bertz CT molecular complexity index is 634. The van der Waals surface area contributed by atoms with E-state index >= 15 is 0 Å². The Morgan fingerprint density at radius 2 is 2.05 bits per heavy atom. The average molecular weight is 317 g/mol. The lowest BCUT2D eigenvalue weighted by Gasteiger charge is -2.05. The van der Waals surface area contributed by atoms with E-state index in [2.05, 4.69) is 15.9 Å². The highest BCUT2D eigenvalue weighted by atomic mass is 79.9. The zero-order chi connectivity index (χ0) is 13.2. The first kappa shape index (κ1) is 12.4. The number of carbonyl (C=O) groups is 1. The molecule has 0 atom stereocenters. The molecule has 1 aliphatic rings. The van der Waals surface area contributed by atoms with E-state index in [4.69, 9.17) is 4.74 Å². The normalized spacial score (nSPS) is 12.9. The van der Waals surface area contributed by atoms with E-state index in [1.165, 1.54) is 0 Å². The van der Waals surface area contributed by atoms with Crippen LogP contribution < -0.4 is 4.74 Å². The second kappa shape index (κ2) is 5.17. The van der Waals surface area contributed by atoms with Crippen molar-refractivity contribution in [3.05, 3.63) is 63.6 Å². The van der Waals surface area contributed by atoms with Crippen LogP contribution in [0.25, 0.3) is 0 Å². The van der Waals surface area contributed by atoms with Gasteiger partial charge in [0.2, 0.25) is 0 Å². The fourth-order valence-electron chi connectivity index (χ4n) is 2.28. The van der Waals surface area contributed by atoms with Crippen LogP contribution in [0.4, 0.5) is 0 Å². The molecule has 0 aliphatic carbocycles. The summed E-state index contributed by atoms with van der Waals surface area (Å²) in [6, 6.07) is 13.5. The Kier molecular flexibility index (Phi) is 3.38. The summed E-state index contributed by atoms with van der Waals surface area (Å²) in [7, 11) is 0. The van der Waals surface area contributed by atoms with Crippen LogP contribution in [0.5, 0.6) is 5.75 Å². The first-order valence-electron chi connectivity index (χ1n) is 6.26.